The summed E-state index contributed by atoms with van der Waals surface area (Å²) in [6.45, 7) is 8.14. The van der Waals surface area contributed by atoms with E-state index in [1.165, 1.54) is 4.88 Å². The van der Waals surface area contributed by atoms with Crippen molar-refractivity contribution in [1.82, 2.24) is 10.3 Å². The van der Waals surface area contributed by atoms with Gasteiger partial charge in [0.25, 0.3) is 0 Å². The molecule has 1 aliphatic heterocycles. The van der Waals surface area contributed by atoms with Crippen LogP contribution in [0, 0.1) is 13.8 Å². The third kappa shape index (κ3) is 3.29. The van der Waals surface area contributed by atoms with Crippen molar-refractivity contribution in [3.8, 4) is 0 Å². The predicted octanol–water partition coefficient (Wildman–Crippen LogP) is 1.95. The van der Waals surface area contributed by atoms with Crippen molar-refractivity contribution in [2.75, 3.05) is 19.8 Å². The molecule has 0 amide bonds. The minimum absolute atomic E-state index is 0.182. The lowest BCUT2D eigenvalue weighted by Crippen LogP contribution is -2.45. The van der Waals surface area contributed by atoms with Gasteiger partial charge in [-0.15, -0.1) is 11.3 Å². The van der Waals surface area contributed by atoms with Crippen LogP contribution in [0.15, 0.2) is 0 Å². The molecule has 0 aliphatic carbocycles. The van der Waals surface area contributed by atoms with E-state index in [0.29, 0.717) is 32.6 Å². The number of hydrogen-bond donors (Lipinski definition) is 2. The maximum Gasteiger partial charge on any atom is 0.0900 e. The lowest BCUT2D eigenvalue weighted by molar-refractivity contribution is -0.0626. The first kappa shape index (κ1) is 13.9. The molecule has 1 aromatic rings. The van der Waals surface area contributed by atoms with E-state index in [2.05, 4.69) is 24.1 Å². The number of aryl methyl sites for hydroxylation is 2. The van der Waals surface area contributed by atoms with Gasteiger partial charge in [-0.2, -0.15) is 0 Å². The maximum atomic E-state index is 10.4. The molecule has 0 bridgehead atoms. The van der Waals surface area contributed by atoms with Gasteiger partial charge in [0.15, 0.2) is 0 Å². The van der Waals surface area contributed by atoms with E-state index < -0.39 is 5.60 Å². The fraction of sp³-hybridized carbons (Fsp3) is 0.769. The normalized spacial score (nSPS) is 20.9. The monoisotopic (exact) mass is 270 g/mol. The molecule has 18 heavy (non-hydrogen) atoms. The third-order valence-corrected chi connectivity index (χ3v) is 4.41. The van der Waals surface area contributed by atoms with Gasteiger partial charge in [0.1, 0.15) is 0 Å². The summed E-state index contributed by atoms with van der Waals surface area (Å²) in [4.78, 5) is 5.80. The Hall–Kier alpha value is -0.490. The zero-order valence-corrected chi connectivity index (χ0v) is 12.1. The third-order valence-electron chi connectivity index (χ3n) is 3.51. The first-order chi connectivity index (χ1) is 8.50. The summed E-state index contributed by atoms with van der Waals surface area (Å²) in [5.74, 6) is 0. The minimum Gasteiger partial charge on any atom is -0.388 e. The van der Waals surface area contributed by atoms with Crippen molar-refractivity contribution < 1.29 is 9.84 Å². The molecule has 1 aliphatic rings. The molecule has 0 saturated carbocycles. The number of aromatic nitrogens is 1. The van der Waals surface area contributed by atoms with Gasteiger partial charge in [-0.1, -0.05) is 0 Å². The molecule has 1 saturated heterocycles. The molecule has 1 atom stereocenters. The van der Waals surface area contributed by atoms with Gasteiger partial charge in [-0.05, 0) is 20.8 Å². The fourth-order valence-electron chi connectivity index (χ4n) is 2.31. The molecule has 0 radical (unpaired) electrons. The Labute approximate surface area is 112 Å². The lowest BCUT2D eigenvalue weighted by atomic mass is 9.94. The zero-order chi connectivity index (χ0) is 13.2. The predicted molar refractivity (Wildman–Crippen MR) is 73.0 cm³/mol. The standard InChI is InChI=1S/C13H22N2O2S/c1-9(12-10(2)18-11(3)15-12)14-8-13(16)4-6-17-7-5-13/h9,14,16H,4-8H2,1-3H3. The Morgan fingerprint density at radius 2 is 2.11 bits per heavy atom. The Bertz CT molecular complexity index is 400. The van der Waals surface area contributed by atoms with Crippen LogP contribution in [0.3, 0.4) is 0 Å². The highest BCUT2D eigenvalue weighted by Gasteiger charge is 2.30. The summed E-state index contributed by atoms with van der Waals surface area (Å²) in [7, 11) is 0. The van der Waals surface area contributed by atoms with Crippen LogP contribution in [0.2, 0.25) is 0 Å². The molecule has 1 aromatic heterocycles. The molecule has 2 rings (SSSR count). The second kappa shape index (κ2) is 5.65. The van der Waals surface area contributed by atoms with E-state index >= 15 is 0 Å². The first-order valence-electron chi connectivity index (χ1n) is 6.48. The van der Waals surface area contributed by atoms with E-state index in [-0.39, 0.29) is 6.04 Å². The van der Waals surface area contributed by atoms with Gasteiger partial charge in [-0.3, -0.25) is 0 Å². The van der Waals surface area contributed by atoms with Crippen LogP contribution in [-0.4, -0.2) is 35.5 Å². The van der Waals surface area contributed by atoms with Crippen molar-refractivity contribution in [1.29, 1.82) is 0 Å². The number of aliphatic hydroxyl groups is 1. The summed E-state index contributed by atoms with van der Waals surface area (Å²) in [6, 6.07) is 0.182. The molecule has 2 heterocycles. The SMILES string of the molecule is Cc1nc(C(C)NCC2(O)CCOCC2)c(C)s1. The lowest BCUT2D eigenvalue weighted by Gasteiger charge is -2.33. The molecule has 4 nitrogen and oxygen atoms in total. The van der Waals surface area contributed by atoms with Crippen molar-refractivity contribution in [2.24, 2.45) is 0 Å². The second-order valence-electron chi connectivity index (χ2n) is 5.11. The molecule has 5 heteroatoms. The average molecular weight is 270 g/mol. The summed E-state index contributed by atoms with van der Waals surface area (Å²) in [5, 5.41) is 14.9. The Balaban J connectivity index is 1.91. The second-order valence-corrected chi connectivity index (χ2v) is 6.52. The van der Waals surface area contributed by atoms with Gasteiger partial charge < -0.3 is 15.2 Å². The van der Waals surface area contributed by atoms with E-state index in [4.69, 9.17) is 4.74 Å². The van der Waals surface area contributed by atoms with Crippen molar-refractivity contribution in [3.05, 3.63) is 15.6 Å². The van der Waals surface area contributed by atoms with Crippen LogP contribution in [0.1, 0.15) is 41.4 Å². The molecule has 102 valence electrons. The minimum atomic E-state index is -0.620. The molecule has 1 fully saturated rings. The topological polar surface area (TPSA) is 54.4 Å². The summed E-state index contributed by atoms with van der Waals surface area (Å²) >= 11 is 1.72. The number of ether oxygens (including phenoxy) is 1. The number of hydrogen-bond acceptors (Lipinski definition) is 5. The van der Waals surface area contributed by atoms with Gasteiger partial charge in [-0.25, -0.2) is 4.98 Å². The fourth-order valence-corrected chi connectivity index (χ4v) is 3.23. The number of rotatable bonds is 4. The van der Waals surface area contributed by atoms with E-state index in [0.717, 1.165) is 10.7 Å². The van der Waals surface area contributed by atoms with E-state index in [9.17, 15) is 5.11 Å². The summed E-state index contributed by atoms with van der Waals surface area (Å²) < 4.78 is 5.28. The Kier molecular flexibility index (Phi) is 4.37. The smallest absolute Gasteiger partial charge is 0.0900 e. The van der Waals surface area contributed by atoms with Gasteiger partial charge in [0, 0.05) is 43.5 Å². The number of nitrogens with zero attached hydrogens (tertiary/aromatic N) is 1. The Morgan fingerprint density at radius 1 is 1.44 bits per heavy atom. The van der Waals surface area contributed by atoms with Crippen LogP contribution < -0.4 is 5.32 Å². The van der Waals surface area contributed by atoms with Crippen LogP contribution in [0.25, 0.3) is 0 Å². The van der Waals surface area contributed by atoms with Gasteiger partial charge in [0.2, 0.25) is 0 Å². The Morgan fingerprint density at radius 3 is 2.67 bits per heavy atom. The number of thiazole rings is 1. The largest absolute Gasteiger partial charge is 0.388 e. The van der Waals surface area contributed by atoms with E-state index in [1.807, 2.05) is 6.92 Å². The molecule has 0 spiro atoms. The van der Waals surface area contributed by atoms with Crippen LogP contribution in [0.5, 0.6) is 0 Å². The van der Waals surface area contributed by atoms with Crippen molar-refractivity contribution >= 4 is 11.3 Å². The van der Waals surface area contributed by atoms with Crippen molar-refractivity contribution in [2.45, 2.75) is 45.3 Å². The summed E-state index contributed by atoms with van der Waals surface area (Å²) in [6.07, 6.45) is 1.42. The van der Waals surface area contributed by atoms with Crippen LogP contribution in [-0.2, 0) is 4.74 Å². The molecular formula is C13H22N2O2S. The van der Waals surface area contributed by atoms with Gasteiger partial charge >= 0.3 is 0 Å². The quantitative estimate of drug-likeness (QED) is 0.878. The highest BCUT2D eigenvalue weighted by atomic mass is 32.1. The maximum absolute atomic E-state index is 10.4. The van der Waals surface area contributed by atoms with Crippen molar-refractivity contribution in [3.63, 3.8) is 0 Å². The van der Waals surface area contributed by atoms with E-state index in [1.54, 1.807) is 11.3 Å². The summed E-state index contributed by atoms with van der Waals surface area (Å²) in [5.41, 5.74) is 0.485. The van der Waals surface area contributed by atoms with Crippen LogP contribution >= 0.6 is 11.3 Å². The van der Waals surface area contributed by atoms with Gasteiger partial charge in [0.05, 0.1) is 16.3 Å². The molecular weight excluding hydrogens is 248 g/mol. The molecule has 0 aromatic carbocycles. The highest BCUT2D eigenvalue weighted by Crippen LogP contribution is 2.24. The highest BCUT2D eigenvalue weighted by molar-refractivity contribution is 7.11. The number of nitrogens with one attached hydrogen (secondary N) is 1. The average Bonchev–Trinajstić information content (AvgIpc) is 2.67. The molecule has 2 N–H and O–H groups in total. The molecule has 1 unspecified atom stereocenters. The van der Waals surface area contributed by atoms with Crippen LogP contribution in [0.4, 0.5) is 0 Å². The first-order valence-corrected chi connectivity index (χ1v) is 7.29. The zero-order valence-electron chi connectivity index (χ0n) is 11.3.